The van der Waals surface area contributed by atoms with Gasteiger partial charge in [0.1, 0.15) is 11.9 Å². The first-order chi connectivity index (χ1) is 6.81. The fraction of sp³-hybridized carbons (Fsp3) is 0.889. The zero-order valence-electron chi connectivity index (χ0n) is 8.46. The van der Waals surface area contributed by atoms with Crippen LogP contribution >= 0.6 is 15.9 Å². The summed E-state index contributed by atoms with van der Waals surface area (Å²) in [6.07, 6.45) is 1.02. The molecule has 0 N–H and O–H groups in total. The van der Waals surface area contributed by atoms with Crippen LogP contribution in [0.15, 0.2) is 0 Å². The maximum absolute atomic E-state index is 10.6. The largest absolute Gasteiger partial charge is 0.463 e. The lowest BCUT2D eigenvalue weighted by molar-refractivity contribution is -0.141. The summed E-state index contributed by atoms with van der Waals surface area (Å²) in [4.78, 5) is 10.6. The Labute approximate surface area is 93.0 Å². The SMILES string of the molecule is CCCOCCOCCOC(=O)CBr. The van der Waals surface area contributed by atoms with Gasteiger partial charge >= 0.3 is 5.97 Å². The second kappa shape index (κ2) is 10.9. The molecule has 0 saturated carbocycles. The van der Waals surface area contributed by atoms with Crippen molar-refractivity contribution in [2.45, 2.75) is 13.3 Å². The van der Waals surface area contributed by atoms with Crippen LogP contribution in [0.1, 0.15) is 13.3 Å². The Morgan fingerprint density at radius 1 is 1.07 bits per heavy atom. The third kappa shape index (κ3) is 9.95. The Bertz CT molecular complexity index is 141. The van der Waals surface area contributed by atoms with Crippen molar-refractivity contribution in [2.75, 3.05) is 38.4 Å². The molecule has 84 valence electrons. The first-order valence-electron chi connectivity index (χ1n) is 4.68. The van der Waals surface area contributed by atoms with Crippen molar-refractivity contribution in [3.05, 3.63) is 0 Å². The summed E-state index contributed by atoms with van der Waals surface area (Å²) < 4.78 is 15.1. The van der Waals surface area contributed by atoms with Gasteiger partial charge in [0.2, 0.25) is 0 Å². The van der Waals surface area contributed by atoms with Crippen LogP contribution in [0.2, 0.25) is 0 Å². The van der Waals surface area contributed by atoms with Crippen LogP contribution in [-0.2, 0) is 19.0 Å². The second-order valence-corrected chi connectivity index (χ2v) is 3.14. The van der Waals surface area contributed by atoms with Gasteiger partial charge in [-0.2, -0.15) is 0 Å². The minimum atomic E-state index is -0.268. The van der Waals surface area contributed by atoms with Crippen LogP contribution in [0.25, 0.3) is 0 Å². The minimum absolute atomic E-state index is 0.229. The van der Waals surface area contributed by atoms with Gasteiger partial charge in [-0.1, -0.05) is 22.9 Å². The van der Waals surface area contributed by atoms with Crippen LogP contribution in [0.3, 0.4) is 0 Å². The van der Waals surface area contributed by atoms with Crippen molar-refractivity contribution < 1.29 is 19.0 Å². The van der Waals surface area contributed by atoms with E-state index in [0.717, 1.165) is 13.0 Å². The molecule has 0 aliphatic carbocycles. The molecule has 0 aromatic carbocycles. The van der Waals surface area contributed by atoms with Gasteiger partial charge in [0.05, 0.1) is 19.8 Å². The number of halogens is 1. The lowest BCUT2D eigenvalue weighted by Crippen LogP contribution is -2.13. The summed E-state index contributed by atoms with van der Waals surface area (Å²) in [7, 11) is 0. The summed E-state index contributed by atoms with van der Waals surface area (Å²) in [6, 6.07) is 0. The Hall–Kier alpha value is -0.130. The average molecular weight is 269 g/mol. The molecule has 0 rings (SSSR count). The highest BCUT2D eigenvalue weighted by Crippen LogP contribution is 1.86. The molecular formula is C9H17BrO4. The zero-order valence-corrected chi connectivity index (χ0v) is 10.0. The molecule has 0 aliphatic rings. The lowest BCUT2D eigenvalue weighted by Gasteiger charge is -2.05. The normalized spacial score (nSPS) is 10.1. The molecule has 4 nitrogen and oxygen atoms in total. The molecule has 0 atom stereocenters. The molecule has 0 unspecified atom stereocenters. The Kier molecular flexibility index (Phi) is 10.8. The number of esters is 1. The molecule has 0 bridgehead atoms. The van der Waals surface area contributed by atoms with Gasteiger partial charge in [0.15, 0.2) is 0 Å². The van der Waals surface area contributed by atoms with E-state index in [1.54, 1.807) is 0 Å². The Morgan fingerprint density at radius 2 is 1.64 bits per heavy atom. The van der Waals surface area contributed by atoms with E-state index in [4.69, 9.17) is 14.2 Å². The smallest absolute Gasteiger partial charge is 0.316 e. The highest BCUT2D eigenvalue weighted by molar-refractivity contribution is 9.09. The second-order valence-electron chi connectivity index (χ2n) is 2.58. The number of rotatable bonds is 9. The van der Waals surface area contributed by atoms with Crippen LogP contribution in [-0.4, -0.2) is 44.3 Å². The van der Waals surface area contributed by atoms with E-state index in [9.17, 15) is 4.79 Å². The van der Waals surface area contributed by atoms with E-state index in [0.29, 0.717) is 26.4 Å². The maximum atomic E-state index is 10.6. The van der Waals surface area contributed by atoms with Crippen molar-refractivity contribution in [3.63, 3.8) is 0 Å². The number of carbonyl (C=O) groups is 1. The first kappa shape index (κ1) is 13.9. The quantitative estimate of drug-likeness (QED) is 0.360. The third-order valence-electron chi connectivity index (χ3n) is 1.32. The number of alkyl halides is 1. The predicted octanol–water partition coefficient (Wildman–Crippen LogP) is 1.37. The van der Waals surface area contributed by atoms with E-state index in [1.165, 1.54) is 0 Å². The highest BCUT2D eigenvalue weighted by atomic mass is 79.9. The molecule has 0 amide bonds. The molecule has 0 radical (unpaired) electrons. The van der Waals surface area contributed by atoms with E-state index in [-0.39, 0.29) is 11.3 Å². The molecule has 5 heteroatoms. The summed E-state index contributed by atoms with van der Waals surface area (Å²) in [6.45, 7) is 4.70. The standard InChI is InChI=1S/C9H17BrO4/c1-2-3-12-4-5-13-6-7-14-9(11)8-10/h2-8H2,1H3. The van der Waals surface area contributed by atoms with Gasteiger partial charge in [0, 0.05) is 6.61 Å². The van der Waals surface area contributed by atoms with Crippen molar-refractivity contribution in [1.29, 1.82) is 0 Å². The van der Waals surface area contributed by atoms with E-state index < -0.39 is 0 Å². The lowest BCUT2D eigenvalue weighted by atomic mass is 10.5. The van der Waals surface area contributed by atoms with Gasteiger partial charge < -0.3 is 14.2 Å². The van der Waals surface area contributed by atoms with Gasteiger partial charge in [-0.15, -0.1) is 0 Å². The molecular weight excluding hydrogens is 252 g/mol. The third-order valence-corrected chi connectivity index (χ3v) is 1.78. The molecule has 0 saturated heterocycles. The molecule has 0 heterocycles. The number of hydrogen-bond donors (Lipinski definition) is 0. The maximum Gasteiger partial charge on any atom is 0.316 e. The van der Waals surface area contributed by atoms with Crippen LogP contribution < -0.4 is 0 Å². The Morgan fingerprint density at radius 3 is 2.21 bits per heavy atom. The fourth-order valence-electron chi connectivity index (χ4n) is 0.719. The highest BCUT2D eigenvalue weighted by Gasteiger charge is 1.97. The number of carbonyl (C=O) groups excluding carboxylic acids is 1. The van der Waals surface area contributed by atoms with E-state index >= 15 is 0 Å². The average Bonchev–Trinajstić information content (AvgIpc) is 2.21. The van der Waals surface area contributed by atoms with Crippen LogP contribution in [0, 0.1) is 0 Å². The van der Waals surface area contributed by atoms with Crippen LogP contribution in [0.5, 0.6) is 0 Å². The molecule has 0 aliphatic heterocycles. The first-order valence-corrected chi connectivity index (χ1v) is 5.80. The van der Waals surface area contributed by atoms with Crippen LogP contribution in [0.4, 0.5) is 0 Å². The van der Waals surface area contributed by atoms with E-state index in [2.05, 4.69) is 22.9 Å². The van der Waals surface area contributed by atoms with Gasteiger partial charge in [0.25, 0.3) is 0 Å². The van der Waals surface area contributed by atoms with Gasteiger partial charge in [-0.3, -0.25) is 4.79 Å². The van der Waals surface area contributed by atoms with Crippen molar-refractivity contribution in [3.8, 4) is 0 Å². The zero-order chi connectivity index (χ0) is 10.6. The monoisotopic (exact) mass is 268 g/mol. The number of ether oxygens (including phenoxy) is 3. The van der Waals surface area contributed by atoms with Crippen molar-refractivity contribution in [1.82, 2.24) is 0 Å². The van der Waals surface area contributed by atoms with E-state index in [1.807, 2.05) is 0 Å². The molecule has 0 spiro atoms. The topological polar surface area (TPSA) is 44.8 Å². The molecule has 14 heavy (non-hydrogen) atoms. The number of hydrogen-bond acceptors (Lipinski definition) is 4. The summed E-state index contributed by atoms with van der Waals surface area (Å²) in [5.41, 5.74) is 0. The predicted molar refractivity (Wildman–Crippen MR) is 56.7 cm³/mol. The molecule has 0 fully saturated rings. The molecule has 0 aromatic heterocycles. The molecule has 0 aromatic rings. The summed E-state index contributed by atoms with van der Waals surface area (Å²) >= 11 is 2.99. The fourth-order valence-corrected chi connectivity index (χ4v) is 0.881. The van der Waals surface area contributed by atoms with Gasteiger partial charge in [-0.25, -0.2) is 0 Å². The van der Waals surface area contributed by atoms with Crippen molar-refractivity contribution in [2.24, 2.45) is 0 Å². The Balaban J connectivity index is 2.95. The minimum Gasteiger partial charge on any atom is -0.463 e. The van der Waals surface area contributed by atoms with Gasteiger partial charge in [-0.05, 0) is 6.42 Å². The van der Waals surface area contributed by atoms with Crippen molar-refractivity contribution >= 4 is 21.9 Å². The summed E-state index contributed by atoms with van der Waals surface area (Å²) in [5.74, 6) is -0.268. The summed E-state index contributed by atoms with van der Waals surface area (Å²) in [5, 5.41) is 0.229.